The van der Waals surface area contributed by atoms with Crippen molar-refractivity contribution >= 4 is 23.5 Å². The van der Waals surface area contributed by atoms with Crippen molar-refractivity contribution in [3.8, 4) is 0 Å². The van der Waals surface area contributed by atoms with Crippen LogP contribution in [0, 0.1) is 0 Å². The van der Waals surface area contributed by atoms with Crippen LogP contribution in [0.2, 0.25) is 5.15 Å². The first-order valence-electron chi connectivity index (χ1n) is 6.40. The minimum atomic E-state index is -0.263. The largest absolute Gasteiger partial charge is 0.327 e. The lowest BCUT2D eigenvalue weighted by Crippen LogP contribution is -2.38. The van der Waals surface area contributed by atoms with E-state index < -0.39 is 0 Å². The highest BCUT2D eigenvalue weighted by atomic mass is 35.5. The fourth-order valence-corrected chi connectivity index (χ4v) is 2.87. The van der Waals surface area contributed by atoms with E-state index >= 15 is 0 Å². The molecule has 3 rings (SSSR count). The maximum atomic E-state index is 12.2. The maximum Gasteiger partial charge on any atom is 0.327 e. The second-order valence-electron chi connectivity index (χ2n) is 4.86. The highest BCUT2D eigenvalue weighted by Crippen LogP contribution is 2.27. The number of carbonyl (C=O) groups excluding carboxylic acids is 2. The van der Waals surface area contributed by atoms with Crippen LogP contribution in [-0.2, 0) is 11.3 Å². The van der Waals surface area contributed by atoms with Gasteiger partial charge in [0.1, 0.15) is 11.2 Å². The molecule has 0 saturated carbocycles. The number of aromatic nitrogens is 1. The Kier molecular flexibility index (Phi) is 3.14. The van der Waals surface area contributed by atoms with E-state index in [1.807, 2.05) is 0 Å². The van der Waals surface area contributed by atoms with E-state index in [4.69, 9.17) is 11.6 Å². The molecule has 2 aliphatic rings. The zero-order valence-electron chi connectivity index (χ0n) is 10.4. The zero-order valence-corrected chi connectivity index (χ0v) is 11.1. The predicted molar refractivity (Wildman–Crippen MR) is 69.5 cm³/mol. The molecule has 1 aromatic rings. The van der Waals surface area contributed by atoms with E-state index in [9.17, 15) is 9.59 Å². The van der Waals surface area contributed by atoms with Crippen LogP contribution >= 0.6 is 11.6 Å². The summed E-state index contributed by atoms with van der Waals surface area (Å²) in [5, 5.41) is 0.370. The zero-order chi connectivity index (χ0) is 13.4. The first-order valence-corrected chi connectivity index (χ1v) is 6.78. The summed E-state index contributed by atoms with van der Waals surface area (Å²) in [6.07, 6.45) is 2.74. The topological polar surface area (TPSA) is 53.5 Å². The standard InChI is InChI=1S/C13H14ClN3O2/c14-11-6-3-4-9(15-11)8-17-12(18)10-5-1-2-7-16(10)13(17)19/h3-4,6,10H,1-2,5,7-8H2/t10-/m1/s1. The van der Waals surface area contributed by atoms with E-state index in [1.54, 1.807) is 23.1 Å². The van der Waals surface area contributed by atoms with Gasteiger partial charge in [-0.05, 0) is 31.4 Å². The van der Waals surface area contributed by atoms with Crippen LogP contribution in [0.25, 0.3) is 0 Å². The highest BCUT2D eigenvalue weighted by Gasteiger charge is 2.45. The molecule has 19 heavy (non-hydrogen) atoms. The number of carbonyl (C=O) groups is 2. The van der Waals surface area contributed by atoms with Crippen LogP contribution in [0.5, 0.6) is 0 Å². The molecule has 0 spiro atoms. The third-order valence-corrected chi connectivity index (χ3v) is 3.83. The Morgan fingerprint density at radius 2 is 2.16 bits per heavy atom. The quantitative estimate of drug-likeness (QED) is 0.615. The van der Waals surface area contributed by atoms with Crippen molar-refractivity contribution in [3.05, 3.63) is 29.0 Å². The van der Waals surface area contributed by atoms with E-state index in [2.05, 4.69) is 4.98 Å². The summed E-state index contributed by atoms with van der Waals surface area (Å²) in [5.74, 6) is -0.105. The summed E-state index contributed by atoms with van der Waals surface area (Å²) in [6, 6.07) is 4.74. The second-order valence-corrected chi connectivity index (χ2v) is 5.25. The number of hydrogen-bond donors (Lipinski definition) is 0. The summed E-state index contributed by atoms with van der Waals surface area (Å²) in [7, 11) is 0. The van der Waals surface area contributed by atoms with E-state index in [0.717, 1.165) is 19.3 Å². The second kappa shape index (κ2) is 4.81. The summed E-state index contributed by atoms with van der Waals surface area (Å²) >= 11 is 5.82. The number of fused-ring (bicyclic) bond motifs is 1. The summed E-state index contributed by atoms with van der Waals surface area (Å²) in [6.45, 7) is 0.875. The molecular weight excluding hydrogens is 266 g/mol. The molecule has 1 aromatic heterocycles. The van der Waals surface area contributed by atoms with Crippen LogP contribution in [0.3, 0.4) is 0 Å². The lowest BCUT2D eigenvalue weighted by atomic mass is 10.0. The van der Waals surface area contributed by atoms with Gasteiger partial charge in [-0.25, -0.2) is 9.78 Å². The van der Waals surface area contributed by atoms with Gasteiger partial charge in [-0.15, -0.1) is 0 Å². The van der Waals surface area contributed by atoms with Crippen LogP contribution in [-0.4, -0.2) is 39.3 Å². The average Bonchev–Trinajstić information content (AvgIpc) is 2.65. The van der Waals surface area contributed by atoms with Crippen molar-refractivity contribution in [2.75, 3.05) is 6.54 Å². The third kappa shape index (κ3) is 2.18. The minimum Gasteiger partial charge on any atom is -0.312 e. The van der Waals surface area contributed by atoms with Crippen molar-refractivity contribution in [1.29, 1.82) is 0 Å². The number of halogens is 1. The van der Waals surface area contributed by atoms with Gasteiger partial charge in [0.25, 0.3) is 5.91 Å². The van der Waals surface area contributed by atoms with Crippen molar-refractivity contribution in [3.63, 3.8) is 0 Å². The van der Waals surface area contributed by atoms with Crippen molar-refractivity contribution < 1.29 is 9.59 Å². The molecule has 5 nitrogen and oxygen atoms in total. The molecule has 0 unspecified atom stereocenters. The Bertz CT molecular complexity index is 510. The molecule has 1 atom stereocenters. The van der Waals surface area contributed by atoms with Gasteiger partial charge in [0.15, 0.2) is 0 Å². The van der Waals surface area contributed by atoms with Gasteiger partial charge < -0.3 is 4.90 Å². The molecular formula is C13H14ClN3O2. The van der Waals surface area contributed by atoms with Crippen LogP contribution < -0.4 is 0 Å². The number of pyridine rings is 1. The van der Waals surface area contributed by atoms with E-state index in [1.165, 1.54) is 4.90 Å². The molecule has 0 aliphatic carbocycles. The van der Waals surface area contributed by atoms with Gasteiger partial charge in [-0.2, -0.15) is 0 Å². The van der Waals surface area contributed by atoms with E-state index in [-0.39, 0.29) is 24.5 Å². The first-order chi connectivity index (χ1) is 9.16. The molecule has 3 heterocycles. The molecule has 0 bridgehead atoms. The van der Waals surface area contributed by atoms with Crippen molar-refractivity contribution in [2.24, 2.45) is 0 Å². The molecule has 0 aromatic carbocycles. The molecule has 2 saturated heterocycles. The van der Waals surface area contributed by atoms with Gasteiger partial charge in [0.2, 0.25) is 0 Å². The molecule has 6 heteroatoms. The lowest BCUT2D eigenvalue weighted by molar-refractivity contribution is -0.129. The monoisotopic (exact) mass is 279 g/mol. The van der Waals surface area contributed by atoms with Crippen molar-refractivity contribution in [2.45, 2.75) is 31.8 Å². The van der Waals surface area contributed by atoms with Gasteiger partial charge >= 0.3 is 6.03 Å². The number of amides is 3. The fraction of sp³-hybridized carbons (Fsp3) is 0.462. The van der Waals surface area contributed by atoms with Gasteiger partial charge in [0, 0.05) is 6.54 Å². The SMILES string of the molecule is O=C1[C@H]2CCCCN2C(=O)N1Cc1cccc(Cl)n1. The first kappa shape index (κ1) is 12.4. The number of hydrogen-bond acceptors (Lipinski definition) is 3. The number of imide groups is 1. The smallest absolute Gasteiger partial charge is 0.312 e. The molecule has 0 N–H and O–H groups in total. The van der Waals surface area contributed by atoms with Gasteiger partial charge in [0.05, 0.1) is 12.2 Å². The molecule has 2 fully saturated rings. The lowest BCUT2D eigenvalue weighted by Gasteiger charge is -2.26. The number of nitrogens with zero attached hydrogens (tertiary/aromatic N) is 3. The molecule has 100 valence electrons. The maximum absolute atomic E-state index is 12.2. The number of piperidine rings is 1. The number of urea groups is 1. The van der Waals surface area contributed by atoms with E-state index in [0.29, 0.717) is 17.4 Å². The number of rotatable bonds is 2. The summed E-state index contributed by atoms with van der Waals surface area (Å²) in [4.78, 5) is 31.5. The molecule has 3 amide bonds. The van der Waals surface area contributed by atoms with Crippen LogP contribution in [0.15, 0.2) is 18.2 Å². The van der Waals surface area contributed by atoms with Gasteiger partial charge in [-0.1, -0.05) is 17.7 Å². The van der Waals surface area contributed by atoms with Crippen molar-refractivity contribution in [1.82, 2.24) is 14.8 Å². The Labute approximate surface area is 116 Å². The fourth-order valence-electron chi connectivity index (χ4n) is 2.69. The third-order valence-electron chi connectivity index (χ3n) is 3.62. The Hall–Kier alpha value is -1.62. The van der Waals surface area contributed by atoms with Crippen LogP contribution in [0.1, 0.15) is 25.0 Å². The molecule has 2 aliphatic heterocycles. The highest BCUT2D eigenvalue weighted by molar-refractivity contribution is 6.29. The normalized spacial score (nSPS) is 22.9. The Morgan fingerprint density at radius 1 is 1.32 bits per heavy atom. The predicted octanol–water partition coefficient (Wildman–Crippen LogP) is 2.05. The Morgan fingerprint density at radius 3 is 2.89 bits per heavy atom. The average molecular weight is 280 g/mol. The summed E-state index contributed by atoms with van der Waals surface area (Å²) in [5.41, 5.74) is 0.633. The van der Waals surface area contributed by atoms with Crippen LogP contribution in [0.4, 0.5) is 4.79 Å². The Balaban J connectivity index is 1.81. The summed E-state index contributed by atoms with van der Waals surface area (Å²) < 4.78 is 0. The molecule has 0 radical (unpaired) electrons. The minimum absolute atomic E-state index is 0.105. The van der Waals surface area contributed by atoms with Gasteiger partial charge in [-0.3, -0.25) is 9.69 Å².